The van der Waals surface area contributed by atoms with Crippen molar-refractivity contribution < 1.29 is 4.79 Å². The molecule has 130 valence electrons. The van der Waals surface area contributed by atoms with Crippen LogP contribution in [-0.2, 0) is 24.4 Å². The third-order valence-corrected chi connectivity index (χ3v) is 4.58. The Morgan fingerprint density at radius 2 is 1.69 bits per heavy atom. The van der Waals surface area contributed by atoms with Gasteiger partial charge in [-0.15, -0.1) is 0 Å². The van der Waals surface area contributed by atoms with Crippen LogP contribution in [0.15, 0.2) is 66.9 Å². The molecule has 26 heavy (non-hydrogen) atoms. The number of nitrogens with zero attached hydrogens (tertiary/aromatic N) is 2. The van der Waals surface area contributed by atoms with Crippen LogP contribution in [0.25, 0.3) is 21.9 Å². The van der Waals surface area contributed by atoms with Gasteiger partial charge in [-0.3, -0.25) is 4.79 Å². The number of nitrogens with one attached hydrogen (secondary N) is 1. The number of benzene rings is 2. The van der Waals surface area contributed by atoms with Crippen LogP contribution in [0.2, 0.25) is 0 Å². The lowest BCUT2D eigenvalue weighted by atomic mass is 10.1. The summed E-state index contributed by atoms with van der Waals surface area (Å²) in [6.45, 7) is 1.25. The number of hydrogen-bond acceptors (Lipinski definition) is 3. The van der Waals surface area contributed by atoms with Crippen LogP contribution in [0.4, 0.5) is 0 Å². The minimum atomic E-state index is -0.0405. The van der Waals surface area contributed by atoms with E-state index in [0.717, 1.165) is 33.1 Å². The molecular formula is C21H20N4O. The summed E-state index contributed by atoms with van der Waals surface area (Å²) < 4.78 is 1.97. The molecule has 0 bridgehead atoms. The number of nitrogens with two attached hydrogens (primary N) is 1. The van der Waals surface area contributed by atoms with Crippen LogP contribution in [0.5, 0.6) is 0 Å². The third-order valence-electron chi connectivity index (χ3n) is 4.58. The highest BCUT2D eigenvalue weighted by Gasteiger charge is 2.13. The van der Waals surface area contributed by atoms with Gasteiger partial charge in [0.05, 0.1) is 5.52 Å². The highest BCUT2D eigenvalue weighted by atomic mass is 16.1. The highest BCUT2D eigenvalue weighted by molar-refractivity contribution is 6.07. The van der Waals surface area contributed by atoms with E-state index in [9.17, 15) is 4.79 Å². The molecule has 2 aromatic carbocycles. The summed E-state index contributed by atoms with van der Waals surface area (Å²) in [5.74, 6) is -0.0405. The second kappa shape index (κ2) is 6.98. The summed E-state index contributed by atoms with van der Waals surface area (Å²) in [5.41, 5.74) is 9.59. The summed E-state index contributed by atoms with van der Waals surface area (Å²) in [4.78, 5) is 17.0. The SMILES string of the molecule is NCc1ccc(CNC(=O)Cn2c3ccccc3c3cccnc32)cc1. The molecule has 4 aromatic rings. The molecule has 0 aliphatic heterocycles. The first-order chi connectivity index (χ1) is 12.8. The summed E-state index contributed by atoms with van der Waals surface area (Å²) >= 11 is 0. The molecule has 0 spiro atoms. The van der Waals surface area contributed by atoms with E-state index in [1.54, 1.807) is 6.20 Å². The Balaban J connectivity index is 1.55. The summed E-state index contributed by atoms with van der Waals surface area (Å²) in [5, 5.41) is 5.16. The number of carbonyl (C=O) groups excluding carboxylic acids is 1. The Bertz CT molecular complexity index is 1010. The molecule has 2 aromatic heterocycles. The fourth-order valence-electron chi connectivity index (χ4n) is 3.23. The lowest BCUT2D eigenvalue weighted by Crippen LogP contribution is -2.27. The van der Waals surface area contributed by atoms with Gasteiger partial charge in [-0.05, 0) is 29.3 Å². The topological polar surface area (TPSA) is 72.9 Å². The Hall–Kier alpha value is -3.18. The average molecular weight is 344 g/mol. The fourth-order valence-corrected chi connectivity index (χ4v) is 3.23. The minimum absolute atomic E-state index is 0.0405. The smallest absolute Gasteiger partial charge is 0.240 e. The van der Waals surface area contributed by atoms with Crippen molar-refractivity contribution in [1.82, 2.24) is 14.9 Å². The van der Waals surface area contributed by atoms with Crippen molar-refractivity contribution in [2.45, 2.75) is 19.6 Å². The Labute approximate surface area is 151 Å². The van der Waals surface area contributed by atoms with Gasteiger partial charge in [0.1, 0.15) is 12.2 Å². The maximum atomic E-state index is 12.5. The number of pyridine rings is 1. The first-order valence-corrected chi connectivity index (χ1v) is 8.63. The number of para-hydroxylation sites is 1. The number of amides is 1. The summed E-state index contributed by atoms with van der Waals surface area (Å²) in [6, 6.07) is 20.0. The Morgan fingerprint density at radius 1 is 0.962 bits per heavy atom. The largest absolute Gasteiger partial charge is 0.350 e. The second-order valence-electron chi connectivity index (χ2n) is 6.28. The van der Waals surface area contributed by atoms with Gasteiger partial charge in [0, 0.05) is 30.1 Å². The van der Waals surface area contributed by atoms with Gasteiger partial charge in [0.15, 0.2) is 0 Å². The van der Waals surface area contributed by atoms with E-state index in [2.05, 4.69) is 16.4 Å². The molecule has 0 atom stereocenters. The summed E-state index contributed by atoms with van der Waals surface area (Å²) in [6.07, 6.45) is 1.76. The van der Waals surface area contributed by atoms with Crippen molar-refractivity contribution >= 4 is 27.8 Å². The van der Waals surface area contributed by atoms with E-state index < -0.39 is 0 Å². The number of fused-ring (bicyclic) bond motifs is 3. The number of hydrogen-bond donors (Lipinski definition) is 2. The van der Waals surface area contributed by atoms with E-state index in [1.807, 2.05) is 59.2 Å². The van der Waals surface area contributed by atoms with Crippen LogP contribution in [-0.4, -0.2) is 15.5 Å². The Kier molecular flexibility index (Phi) is 4.37. The predicted molar refractivity (Wildman–Crippen MR) is 103 cm³/mol. The first kappa shape index (κ1) is 16.3. The molecule has 5 heteroatoms. The maximum Gasteiger partial charge on any atom is 0.240 e. The third kappa shape index (κ3) is 3.05. The monoisotopic (exact) mass is 344 g/mol. The van der Waals surface area contributed by atoms with Crippen LogP contribution < -0.4 is 11.1 Å². The molecule has 0 aliphatic carbocycles. The second-order valence-corrected chi connectivity index (χ2v) is 6.28. The van der Waals surface area contributed by atoms with E-state index in [-0.39, 0.29) is 12.5 Å². The van der Waals surface area contributed by atoms with Gasteiger partial charge in [-0.1, -0.05) is 42.5 Å². The van der Waals surface area contributed by atoms with Crippen molar-refractivity contribution in [3.8, 4) is 0 Å². The molecule has 0 aliphatic rings. The fraction of sp³-hybridized carbons (Fsp3) is 0.143. The van der Waals surface area contributed by atoms with E-state index in [4.69, 9.17) is 5.73 Å². The van der Waals surface area contributed by atoms with Gasteiger partial charge >= 0.3 is 0 Å². The van der Waals surface area contributed by atoms with Gasteiger partial charge in [0.2, 0.25) is 5.91 Å². The number of aromatic nitrogens is 2. The first-order valence-electron chi connectivity index (χ1n) is 8.63. The highest BCUT2D eigenvalue weighted by Crippen LogP contribution is 2.27. The van der Waals surface area contributed by atoms with E-state index in [0.29, 0.717) is 13.1 Å². The van der Waals surface area contributed by atoms with Crippen molar-refractivity contribution in [1.29, 1.82) is 0 Å². The average Bonchev–Trinajstić information content (AvgIpc) is 3.01. The zero-order valence-electron chi connectivity index (χ0n) is 14.4. The quantitative estimate of drug-likeness (QED) is 0.585. The zero-order valence-corrected chi connectivity index (χ0v) is 14.4. The molecule has 5 nitrogen and oxygen atoms in total. The number of carbonyl (C=O) groups is 1. The van der Waals surface area contributed by atoms with Crippen molar-refractivity contribution in [2.75, 3.05) is 0 Å². The van der Waals surface area contributed by atoms with E-state index in [1.165, 1.54) is 0 Å². The van der Waals surface area contributed by atoms with Gasteiger partial charge in [0.25, 0.3) is 0 Å². The molecule has 3 N–H and O–H groups in total. The molecule has 2 heterocycles. The molecule has 0 fully saturated rings. The van der Waals surface area contributed by atoms with Crippen LogP contribution in [0.1, 0.15) is 11.1 Å². The maximum absolute atomic E-state index is 12.5. The molecule has 0 radical (unpaired) electrons. The predicted octanol–water partition coefficient (Wildman–Crippen LogP) is 2.96. The number of rotatable bonds is 5. The lowest BCUT2D eigenvalue weighted by Gasteiger charge is -2.09. The standard InChI is InChI=1S/C21H20N4O/c22-12-15-7-9-16(10-8-15)13-24-20(26)14-25-19-6-2-1-4-17(19)18-5-3-11-23-21(18)25/h1-11H,12-14,22H2,(H,24,26). The molecule has 4 rings (SSSR count). The van der Waals surface area contributed by atoms with Gasteiger partial charge in [-0.25, -0.2) is 4.98 Å². The molecule has 0 saturated heterocycles. The zero-order chi connectivity index (χ0) is 17.9. The minimum Gasteiger partial charge on any atom is -0.350 e. The van der Waals surface area contributed by atoms with E-state index >= 15 is 0 Å². The molecule has 0 saturated carbocycles. The molecular weight excluding hydrogens is 324 g/mol. The van der Waals surface area contributed by atoms with Crippen molar-refractivity contribution in [3.63, 3.8) is 0 Å². The Morgan fingerprint density at radius 3 is 2.50 bits per heavy atom. The van der Waals surface area contributed by atoms with Crippen molar-refractivity contribution in [2.24, 2.45) is 5.73 Å². The van der Waals surface area contributed by atoms with Crippen molar-refractivity contribution in [3.05, 3.63) is 78.0 Å². The van der Waals surface area contributed by atoms with Crippen LogP contribution >= 0.6 is 0 Å². The lowest BCUT2D eigenvalue weighted by molar-refractivity contribution is -0.121. The molecule has 0 unspecified atom stereocenters. The normalized spacial score (nSPS) is 11.1. The van der Waals surface area contributed by atoms with Gasteiger partial charge < -0.3 is 15.6 Å². The van der Waals surface area contributed by atoms with Gasteiger partial charge in [-0.2, -0.15) is 0 Å². The molecule has 1 amide bonds. The van der Waals surface area contributed by atoms with Crippen LogP contribution in [0, 0.1) is 0 Å². The summed E-state index contributed by atoms with van der Waals surface area (Å²) in [7, 11) is 0. The van der Waals surface area contributed by atoms with Crippen LogP contribution in [0.3, 0.4) is 0 Å².